The van der Waals surface area contributed by atoms with Crippen molar-refractivity contribution in [2.45, 2.75) is 31.9 Å². The molecular formula is C6H15As. The molecule has 0 aliphatic rings. The van der Waals surface area contributed by atoms with Gasteiger partial charge in [-0.3, -0.25) is 0 Å². The van der Waals surface area contributed by atoms with Gasteiger partial charge in [-0.1, -0.05) is 0 Å². The average molecular weight is 162 g/mol. The Morgan fingerprint density at radius 1 is 1.43 bits per heavy atom. The van der Waals surface area contributed by atoms with Crippen molar-refractivity contribution in [1.29, 1.82) is 0 Å². The van der Waals surface area contributed by atoms with Crippen LogP contribution in [0.5, 0.6) is 0 Å². The van der Waals surface area contributed by atoms with Crippen molar-refractivity contribution < 1.29 is 0 Å². The number of hydrogen-bond donors (Lipinski definition) is 0. The number of hydrogen-bond acceptors (Lipinski definition) is 0. The fourth-order valence-electron chi connectivity index (χ4n) is 0.526. The molecule has 0 aliphatic carbocycles. The molecule has 1 atom stereocenters. The van der Waals surface area contributed by atoms with Crippen LogP contribution in [0.15, 0.2) is 0 Å². The first-order valence-electron chi connectivity index (χ1n) is 2.97. The summed E-state index contributed by atoms with van der Waals surface area (Å²) in [4.78, 5) is 0. The van der Waals surface area contributed by atoms with E-state index in [1.807, 2.05) is 16.9 Å². The molecule has 0 aliphatic heterocycles. The van der Waals surface area contributed by atoms with Gasteiger partial charge in [0.1, 0.15) is 0 Å². The van der Waals surface area contributed by atoms with Crippen molar-refractivity contribution in [2.24, 2.45) is 5.92 Å². The second-order valence-electron chi connectivity index (χ2n) is 2.32. The Kier molecular flexibility index (Phi) is 5.09. The molecule has 0 N–H and O–H groups in total. The molecule has 0 amide bonds. The molecule has 0 aromatic rings. The van der Waals surface area contributed by atoms with Crippen LogP contribution in [-0.2, 0) is 0 Å². The summed E-state index contributed by atoms with van der Waals surface area (Å²) in [5, 5.41) is 1.41. The second-order valence-corrected chi connectivity index (χ2v) is 3.54. The van der Waals surface area contributed by atoms with Gasteiger partial charge in [-0.05, 0) is 0 Å². The van der Waals surface area contributed by atoms with Gasteiger partial charge < -0.3 is 0 Å². The van der Waals surface area contributed by atoms with Gasteiger partial charge in [0.2, 0.25) is 0 Å². The third-order valence-electron chi connectivity index (χ3n) is 0.986. The minimum atomic E-state index is 0.913. The zero-order valence-electron chi connectivity index (χ0n) is 5.28. The summed E-state index contributed by atoms with van der Waals surface area (Å²) in [6, 6.07) is 0. The summed E-state index contributed by atoms with van der Waals surface area (Å²) >= 11 is 1.86. The van der Waals surface area contributed by atoms with E-state index in [1.54, 1.807) is 0 Å². The normalized spacial score (nSPS) is 10.3. The third-order valence-corrected chi connectivity index (χ3v) is 1.84. The van der Waals surface area contributed by atoms with Gasteiger partial charge in [0, 0.05) is 0 Å². The maximum absolute atomic E-state index is 2.28. The van der Waals surface area contributed by atoms with E-state index < -0.39 is 0 Å². The van der Waals surface area contributed by atoms with Gasteiger partial charge in [0.25, 0.3) is 0 Å². The summed E-state index contributed by atoms with van der Waals surface area (Å²) in [5.41, 5.74) is 0. The van der Waals surface area contributed by atoms with Gasteiger partial charge >= 0.3 is 54.7 Å². The van der Waals surface area contributed by atoms with Crippen molar-refractivity contribution in [3.05, 3.63) is 0 Å². The standard InChI is InChI=1S/C6H15As/c1-6(2)4-3-5-7/h6H,3-5,7H2,1-2H3. The van der Waals surface area contributed by atoms with E-state index in [0.29, 0.717) is 0 Å². The van der Waals surface area contributed by atoms with Gasteiger partial charge in [-0.2, -0.15) is 0 Å². The molecule has 0 fully saturated rings. The summed E-state index contributed by atoms with van der Waals surface area (Å²) in [5.74, 6) is 0.913. The summed E-state index contributed by atoms with van der Waals surface area (Å²) in [6.07, 6.45) is 2.84. The van der Waals surface area contributed by atoms with E-state index in [2.05, 4.69) is 13.8 Å². The molecule has 0 radical (unpaired) electrons. The molecule has 0 nitrogen and oxygen atoms in total. The zero-order chi connectivity index (χ0) is 5.70. The van der Waals surface area contributed by atoms with Crippen molar-refractivity contribution in [3.8, 4) is 0 Å². The van der Waals surface area contributed by atoms with E-state index in [9.17, 15) is 0 Å². The summed E-state index contributed by atoms with van der Waals surface area (Å²) < 4.78 is 0. The molecular weight excluding hydrogens is 147 g/mol. The first-order chi connectivity index (χ1) is 3.27. The van der Waals surface area contributed by atoms with Gasteiger partial charge in [-0.15, -0.1) is 0 Å². The predicted octanol–water partition coefficient (Wildman–Crippen LogP) is 1.47. The Bertz CT molecular complexity index is 33.2. The minimum absolute atomic E-state index is 0.913. The first kappa shape index (κ1) is 7.56. The number of rotatable bonds is 3. The molecule has 0 spiro atoms. The Labute approximate surface area is 55.2 Å². The van der Waals surface area contributed by atoms with Crippen LogP contribution in [-0.4, -0.2) is 16.9 Å². The first-order valence-corrected chi connectivity index (χ1v) is 4.68. The predicted molar refractivity (Wildman–Crippen MR) is 37.4 cm³/mol. The Morgan fingerprint density at radius 3 is 2.14 bits per heavy atom. The molecule has 0 aromatic carbocycles. The van der Waals surface area contributed by atoms with Crippen molar-refractivity contribution in [1.82, 2.24) is 0 Å². The van der Waals surface area contributed by atoms with Gasteiger partial charge in [-0.25, -0.2) is 0 Å². The van der Waals surface area contributed by atoms with Crippen LogP contribution >= 0.6 is 0 Å². The Hall–Kier alpha value is 0.558. The van der Waals surface area contributed by atoms with Crippen LogP contribution in [0.3, 0.4) is 0 Å². The van der Waals surface area contributed by atoms with E-state index in [-0.39, 0.29) is 0 Å². The van der Waals surface area contributed by atoms with E-state index in [0.717, 1.165) is 5.92 Å². The van der Waals surface area contributed by atoms with E-state index >= 15 is 0 Å². The topological polar surface area (TPSA) is 0 Å². The summed E-state index contributed by atoms with van der Waals surface area (Å²) in [7, 11) is 0. The molecule has 0 saturated carbocycles. The molecule has 0 heterocycles. The molecule has 1 unspecified atom stereocenters. The van der Waals surface area contributed by atoms with Crippen molar-refractivity contribution >= 4 is 16.9 Å². The second kappa shape index (κ2) is 4.71. The maximum atomic E-state index is 2.28. The summed E-state index contributed by atoms with van der Waals surface area (Å²) in [6.45, 7) is 4.56. The molecule has 0 bridgehead atoms. The monoisotopic (exact) mass is 162 g/mol. The van der Waals surface area contributed by atoms with E-state index in [4.69, 9.17) is 0 Å². The molecule has 1 heteroatoms. The van der Waals surface area contributed by atoms with Crippen LogP contribution < -0.4 is 0 Å². The molecule has 0 rings (SSSR count). The van der Waals surface area contributed by atoms with Crippen molar-refractivity contribution in [2.75, 3.05) is 0 Å². The van der Waals surface area contributed by atoms with Crippen molar-refractivity contribution in [3.63, 3.8) is 0 Å². The van der Waals surface area contributed by atoms with Crippen LogP contribution in [0.25, 0.3) is 0 Å². The van der Waals surface area contributed by atoms with Crippen LogP contribution in [0.2, 0.25) is 5.21 Å². The fraction of sp³-hybridized carbons (Fsp3) is 1.00. The molecule has 0 saturated heterocycles. The van der Waals surface area contributed by atoms with Crippen LogP contribution in [0, 0.1) is 5.92 Å². The fourth-order valence-corrected chi connectivity index (χ4v) is 1.02. The Morgan fingerprint density at radius 2 is 2.00 bits per heavy atom. The molecule has 7 heavy (non-hydrogen) atoms. The van der Waals surface area contributed by atoms with Gasteiger partial charge in [0.05, 0.1) is 0 Å². The van der Waals surface area contributed by atoms with Gasteiger partial charge in [0.15, 0.2) is 0 Å². The quantitative estimate of drug-likeness (QED) is 0.551. The van der Waals surface area contributed by atoms with Crippen LogP contribution in [0.1, 0.15) is 26.7 Å². The molecule has 44 valence electrons. The third kappa shape index (κ3) is 6.56. The Balaban J connectivity index is 2.68. The van der Waals surface area contributed by atoms with E-state index in [1.165, 1.54) is 18.1 Å². The molecule has 0 aromatic heterocycles. The zero-order valence-corrected chi connectivity index (χ0v) is 7.70. The average Bonchev–Trinajstić information content (AvgIpc) is 1.61. The van der Waals surface area contributed by atoms with Crippen LogP contribution in [0.4, 0.5) is 0 Å². The SMILES string of the molecule is CC(C)CCC[AsH2].